The van der Waals surface area contributed by atoms with Gasteiger partial charge in [-0.15, -0.1) is 0 Å². The van der Waals surface area contributed by atoms with Crippen LogP contribution < -0.4 is 0 Å². The molecule has 0 saturated heterocycles. The van der Waals surface area contributed by atoms with E-state index in [0.717, 1.165) is 30.3 Å². The second kappa shape index (κ2) is 3.33. The average Bonchev–Trinajstić information content (AvgIpc) is 2.57. The van der Waals surface area contributed by atoms with Gasteiger partial charge >= 0.3 is 0 Å². The van der Waals surface area contributed by atoms with Crippen molar-refractivity contribution in [2.75, 3.05) is 0 Å². The fourth-order valence-corrected chi connectivity index (χ4v) is 1.45. The molecule has 1 aliphatic rings. The third-order valence-corrected chi connectivity index (χ3v) is 2.20. The van der Waals surface area contributed by atoms with E-state index in [2.05, 4.69) is 11.6 Å². The van der Waals surface area contributed by atoms with Gasteiger partial charge in [0.15, 0.2) is 11.6 Å². The molecule has 72 valence electrons. The van der Waals surface area contributed by atoms with Gasteiger partial charge in [-0.2, -0.15) is 0 Å². The van der Waals surface area contributed by atoms with Crippen LogP contribution in [0, 0.1) is 11.6 Å². The Balaban J connectivity index is 2.38. The van der Waals surface area contributed by atoms with E-state index >= 15 is 0 Å². The number of allylic oxidation sites excluding steroid dienone is 1. The monoisotopic (exact) mass is 193 g/mol. The Morgan fingerprint density at radius 1 is 1.14 bits per heavy atom. The molecule has 0 spiro atoms. The summed E-state index contributed by atoms with van der Waals surface area (Å²) >= 11 is 0. The van der Waals surface area contributed by atoms with Gasteiger partial charge in [0.05, 0.1) is 0 Å². The molecule has 0 amide bonds. The normalized spacial score (nSPS) is 15.9. The maximum absolute atomic E-state index is 12.9. The molecule has 0 bridgehead atoms. The highest BCUT2D eigenvalue weighted by molar-refractivity contribution is 6.02. The number of hydrogen-bond donors (Lipinski definition) is 0. The number of hydrogen-bond acceptors (Lipinski definition) is 1. The Labute approximate surface area is 80.8 Å². The Morgan fingerprint density at radius 3 is 2.50 bits per heavy atom. The van der Waals surface area contributed by atoms with Crippen LogP contribution in [-0.2, 0) is 0 Å². The van der Waals surface area contributed by atoms with Gasteiger partial charge in [0, 0.05) is 11.4 Å². The summed E-state index contributed by atoms with van der Waals surface area (Å²) in [6.45, 7) is 3.71. The van der Waals surface area contributed by atoms with E-state index in [1.807, 2.05) is 0 Å². The van der Waals surface area contributed by atoms with Gasteiger partial charge in [-0.25, -0.2) is 8.78 Å². The van der Waals surface area contributed by atoms with E-state index in [1.165, 1.54) is 12.1 Å². The molecule has 1 aliphatic heterocycles. The summed E-state index contributed by atoms with van der Waals surface area (Å²) in [5.41, 5.74) is 2.22. The van der Waals surface area contributed by atoms with Crippen LogP contribution in [0.25, 0.3) is 0 Å². The number of aliphatic imine (C=N–C) groups is 1. The average molecular weight is 193 g/mol. The van der Waals surface area contributed by atoms with Gasteiger partial charge in [0.2, 0.25) is 0 Å². The topological polar surface area (TPSA) is 12.4 Å². The Hall–Kier alpha value is -1.51. The maximum Gasteiger partial charge on any atom is 0.159 e. The van der Waals surface area contributed by atoms with Crippen LogP contribution in [0.1, 0.15) is 18.4 Å². The lowest BCUT2D eigenvalue weighted by Gasteiger charge is -2.00. The van der Waals surface area contributed by atoms with E-state index in [9.17, 15) is 8.78 Å². The minimum atomic E-state index is -0.831. The zero-order valence-electron chi connectivity index (χ0n) is 7.56. The predicted molar refractivity (Wildman–Crippen MR) is 51.3 cm³/mol. The SMILES string of the molecule is C=C1CCC(c2ccc(F)c(F)c2)=N1. The van der Waals surface area contributed by atoms with Crippen LogP contribution in [0.5, 0.6) is 0 Å². The molecule has 14 heavy (non-hydrogen) atoms. The Kier molecular flexibility index (Phi) is 2.15. The molecule has 1 aromatic carbocycles. The van der Waals surface area contributed by atoms with Crippen LogP contribution in [0.15, 0.2) is 35.5 Å². The van der Waals surface area contributed by atoms with Gasteiger partial charge in [0.1, 0.15) is 0 Å². The highest BCUT2D eigenvalue weighted by Crippen LogP contribution is 2.20. The first-order valence-corrected chi connectivity index (χ1v) is 4.37. The maximum atomic E-state index is 12.9. The molecular weight excluding hydrogens is 184 g/mol. The fraction of sp³-hybridized carbons (Fsp3) is 0.182. The smallest absolute Gasteiger partial charge is 0.159 e. The van der Waals surface area contributed by atoms with Crippen LogP contribution >= 0.6 is 0 Å². The van der Waals surface area contributed by atoms with E-state index in [-0.39, 0.29) is 0 Å². The summed E-state index contributed by atoms with van der Waals surface area (Å²) < 4.78 is 25.5. The third kappa shape index (κ3) is 1.58. The first-order chi connectivity index (χ1) is 6.66. The first kappa shape index (κ1) is 9.06. The Bertz CT molecular complexity index is 421. The second-order valence-corrected chi connectivity index (χ2v) is 3.25. The summed E-state index contributed by atoms with van der Waals surface area (Å²) in [4.78, 5) is 4.16. The first-order valence-electron chi connectivity index (χ1n) is 4.37. The molecule has 2 rings (SSSR count). The largest absolute Gasteiger partial charge is 0.258 e. The van der Waals surface area contributed by atoms with Crippen molar-refractivity contribution < 1.29 is 8.78 Å². The molecule has 0 saturated carbocycles. The van der Waals surface area contributed by atoms with Crippen molar-refractivity contribution in [2.45, 2.75) is 12.8 Å². The van der Waals surface area contributed by atoms with Crippen molar-refractivity contribution in [3.63, 3.8) is 0 Å². The predicted octanol–water partition coefficient (Wildman–Crippen LogP) is 3.06. The molecule has 1 aromatic rings. The lowest BCUT2D eigenvalue weighted by molar-refractivity contribution is 0.508. The number of nitrogens with zero attached hydrogens (tertiary/aromatic N) is 1. The van der Waals surface area contributed by atoms with E-state index in [4.69, 9.17) is 0 Å². The molecule has 0 unspecified atom stereocenters. The highest BCUT2D eigenvalue weighted by Gasteiger charge is 2.13. The van der Waals surface area contributed by atoms with Crippen molar-refractivity contribution in [3.05, 3.63) is 47.7 Å². The van der Waals surface area contributed by atoms with Gasteiger partial charge in [-0.1, -0.05) is 12.6 Å². The summed E-state index contributed by atoms with van der Waals surface area (Å²) in [7, 11) is 0. The zero-order chi connectivity index (χ0) is 10.1. The van der Waals surface area contributed by atoms with Crippen molar-refractivity contribution in [3.8, 4) is 0 Å². The number of benzene rings is 1. The summed E-state index contributed by atoms with van der Waals surface area (Å²) in [6.07, 6.45) is 1.55. The van der Waals surface area contributed by atoms with Gasteiger partial charge < -0.3 is 0 Å². The van der Waals surface area contributed by atoms with Crippen molar-refractivity contribution in [1.82, 2.24) is 0 Å². The summed E-state index contributed by atoms with van der Waals surface area (Å²) in [5, 5.41) is 0. The highest BCUT2D eigenvalue weighted by atomic mass is 19.2. The molecule has 0 aliphatic carbocycles. The number of halogens is 2. The third-order valence-electron chi connectivity index (χ3n) is 2.20. The summed E-state index contributed by atoms with van der Waals surface area (Å²) in [6, 6.07) is 3.83. The van der Waals surface area contributed by atoms with E-state index in [0.29, 0.717) is 5.56 Å². The lowest BCUT2D eigenvalue weighted by Crippen LogP contribution is -1.97. The van der Waals surface area contributed by atoms with Gasteiger partial charge in [-0.3, -0.25) is 4.99 Å². The molecule has 0 N–H and O–H groups in total. The zero-order valence-corrected chi connectivity index (χ0v) is 7.56. The number of rotatable bonds is 1. The Morgan fingerprint density at radius 2 is 1.93 bits per heavy atom. The molecule has 0 radical (unpaired) electrons. The second-order valence-electron chi connectivity index (χ2n) is 3.25. The molecule has 0 atom stereocenters. The van der Waals surface area contributed by atoms with Crippen molar-refractivity contribution in [1.29, 1.82) is 0 Å². The molecule has 1 heterocycles. The van der Waals surface area contributed by atoms with Crippen LogP contribution in [0.3, 0.4) is 0 Å². The quantitative estimate of drug-likeness (QED) is 0.650. The van der Waals surface area contributed by atoms with Crippen molar-refractivity contribution in [2.24, 2.45) is 4.99 Å². The fourth-order valence-electron chi connectivity index (χ4n) is 1.45. The van der Waals surface area contributed by atoms with Crippen LogP contribution in [-0.4, -0.2) is 5.71 Å². The minimum absolute atomic E-state index is 0.641. The molecule has 0 fully saturated rings. The lowest BCUT2D eigenvalue weighted by atomic mass is 10.1. The standard InChI is InChI=1S/C11H9F2N/c1-7-2-5-11(14-7)8-3-4-9(12)10(13)6-8/h3-4,6H,1-2,5H2. The molecule has 1 nitrogen and oxygen atoms in total. The van der Waals surface area contributed by atoms with Crippen LogP contribution in [0.2, 0.25) is 0 Å². The molecule has 0 aromatic heterocycles. The van der Waals surface area contributed by atoms with Crippen LogP contribution in [0.4, 0.5) is 8.78 Å². The van der Waals surface area contributed by atoms with E-state index in [1.54, 1.807) is 0 Å². The molecule has 3 heteroatoms. The summed E-state index contributed by atoms with van der Waals surface area (Å²) in [5.74, 6) is -1.66. The minimum Gasteiger partial charge on any atom is -0.258 e. The molecular formula is C11H9F2N. The van der Waals surface area contributed by atoms with Gasteiger partial charge in [0.25, 0.3) is 0 Å². The van der Waals surface area contributed by atoms with Crippen molar-refractivity contribution >= 4 is 5.71 Å². The van der Waals surface area contributed by atoms with Gasteiger partial charge in [-0.05, 0) is 30.5 Å². The van der Waals surface area contributed by atoms with E-state index < -0.39 is 11.6 Å².